The molecule has 1 aromatic rings. The molecule has 0 saturated heterocycles. The fourth-order valence-corrected chi connectivity index (χ4v) is 2.16. The molecule has 112 valence electrons. The summed E-state index contributed by atoms with van der Waals surface area (Å²) in [5.74, 6) is 6.63. The molecule has 0 radical (unpaired) electrons. The van der Waals surface area contributed by atoms with Gasteiger partial charge in [0.2, 0.25) is 11.9 Å². The number of nitrogen functional groups attached to an aromatic ring is 1. The number of nitrogens with two attached hydrogens (primary N) is 1. The van der Waals surface area contributed by atoms with Crippen molar-refractivity contribution in [2.45, 2.75) is 32.3 Å². The van der Waals surface area contributed by atoms with Gasteiger partial charge >= 0.3 is 6.01 Å². The van der Waals surface area contributed by atoms with Crippen molar-refractivity contribution in [2.75, 3.05) is 30.5 Å². The number of hydrogen-bond acceptors (Lipinski definition) is 8. The van der Waals surface area contributed by atoms with Crippen LogP contribution in [0.3, 0.4) is 0 Å². The van der Waals surface area contributed by atoms with E-state index in [1.165, 1.54) is 0 Å². The molecule has 1 saturated carbocycles. The Bertz CT molecular complexity index is 438. The molecule has 4 N–H and O–H groups in total. The molecule has 1 heterocycles. The number of rotatable bonds is 7. The Morgan fingerprint density at radius 2 is 2.15 bits per heavy atom. The number of aliphatic hydroxyl groups is 1. The summed E-state index contributed by atoms with van der Waals surface area (Å²) in [6.45, 7) is 3.35. The van der Waals surface area contributed by atoms with Crippen molar-refractivity contribution in [1.82, 2.24) is 15.0 Å². The van der Waals surface area contributed by atoms with E-state index in [0.717, 1.165) is 25.8 Å². The third kappa shape index (κ3) is 3.67. The zero-order valence-electron chi connectivity index (χ0n) is 11.9. The molecule has 8 heteroatoms. The summed E-state index contributed by atoms with van der Waals surface area (Å²) in [6.07, 6.45) is 2.38. The largest absolute Gasteiger partial charge is 0.463 e. The first-order chi connectivity index (χ1) is 9.62. The topological polar surface area (TPSA) is 109 Å². The van der Waals surface area contributed by atoms with Gasteiger partial charge in [0.25, 0.3) is 0 Å². The van der Waals surface area contributed by atoms with Gasteiger partial charge < -0.3 is 14.7 Å². The molecule has 0 unspecified atom stereocenters. The number of anilines is 2. The second-order valence-corrected chi connectivity index (χ2v) is 5.11. The van der Waals surface area contributed by atoms with Crippen LogP contribution in [-0.2, 0) is 0 Å². The SMILES string of the molecule is CCCOc1nc(NN)nc(N(C)CC2CC(O)C2)n1. The van der Waals surface area contributed by atoms with Gasteiger partial charge in [0.05, 0.1) is 12.7 Å². The molecule has 8 nitrogen and oxygen atoms in total. The average molecular weight is 282 g/mol. The number of hydrazine groups is 1. The Labute approximate surface area is 118 Å². The molecule has 0 spiro atoms. The third-order valence-corrected chi connectivity index (χ3v) is 3.25. The van der Waals surface area contributed by atoms with Crippen molar-refractivity contribution in [3.05, 3.63) is 0 Å². The molecule has 1 aliphatic rings. The molecule has 0 bridgehead atoms. The van der Waals surface area contributed by atoms with Crippen LogP contribution < -0.4 is 20.9 Å². The van der Waals surface area contributed by atoms with Gasteiger partial charge in [-0.1, -0.05) is 6.92 Å². The molecule has 1 fully saturated rings. The minimum absolute atomic E-state index is 0.156. The van der Waals surface area contributed by atoms with Gasteiger partial charge in [0.15, 0.2) is 0 Å². The van der Waals surface area contributed by atoms with Gasteiger partial charge in [-0.05, 0) is 25.2 Å². The number of nitrogens with one attached hydrogen (secondary N) is 1. The number of aromatic nitrogens is 3. The minimum atomic E-state index is -0.156. The van der Waals surface area contributed by atoms with E-state index >= 15 is 0 Å². The van der Waals surface area contributed by atoms with Gasteiger partial charge in [0, 0.05) is 13.6 Å². The maximum absolute atomic E-state index is 9.32. The summed E-state index contributed by atoms with van der Waals surface area (Å²) in [4.78, 5) is 14.5. The highest BCUT2D eigenvalue weighted by molar-refractivity contribution is 5.37. The van der Waals surface area contributed by atoms with Gasteiger partial charge in [-0.25, -0.2) is 5.84 Å². The van der Waals surface area contributed by atoms with E-state index in [1.807, 2.05) is 18.9 Å². The van der Waals surface area contributed by atoms with Crippen LogP contribution in [0.5, 0.6) is 6.01 Å². The lowest BCUT2D eigenvalue weighted by molar-refractivity contribution is 0.0463. The van der Waals surface area contributed by atoms with Crippen molar-refractivity contribution in [1.29, 1.82) is 0 Å². The lowest BCUT2D eigenvalue weighted by atomic mass is 9.82. The lowest BCUT2D eigenvalue weighted by Crippen LogP contribution is -2.37. The summed E-state index contributed by atoms with van der Waals surface area (Å²) in [7, 11) is 1.91. The van der Waals surface area contributed by atoms with Crippen molar-refractivity contribution in [3.8, 4) is 6.01 Å². The summed E-state index contributed by atoms with van der Waals surface area (Å²) >= 11 is 0. The molecule has 0 amide bonds. The van der Waals surface area contributed by atoms with E-state index in [1.54, 1.807) is 0 Å². The van der Waals surface area contributed by atoms with Crippen molar-refractivity contribution in [2.24, 2.45) is 11.8 Å². The normalized spacial score (nSPS) is 21.2. The fraction of sp³-hybridized carbons (Fsp3) is 0.750. The van der Waals surface area contributed by atoms with Crippen LogP contribution in [0.2, 0.25) is 0 Å². The summed E-state index contributed by atoms with van der Waals surface area (Å²) < 4.78 is 5.43. The van der Waals surface area contributed by atoms with E-state index in [0.29, 0.717) is 18.5 Å². The molecule has 1 aromatic heterocycles. The maximum Gasteiger partial charge on any atom is 0.323 e. The van der Waals surface area contributed by atoms with Gasteiger partial charge in [0.1, 0.15) is 0 Å². The van der Waals surface area contributed by atoms with Crippen LogP contribution in [0.15, 0.2) is 0 Å². The van der Waals surface area contributed by atoms with Gasteiger partial charge in [-0.3, -0.25) is 5.43 Å². The van der Waals surface area contributed by atoms with Crippen LogP contribution in [0.1, 0.15) is 26.2 Å². The Kier molecular flexibility index (Phi) is 4.91. The van der Waals surface area contributed by atoms with Crippen molar-refractivity contribution >= 4 is 11.9 Å². The second kappa shape index (κ2) is 6.67. The first-order valence-corrected chi connectivity index (χ1v) is 6.87. The molecular weight excluding hydrogens is 260 g/mol. The number of ether oxygens (including phenoxy) is 1. The highest BCUT2D eigenvalue weighted by Gasteiger charge is 2.28. The molecule has 1 aliphatic carbocycles. The predicted octanol–water partition coefficient (Wildman–Crippen LogP) is 0.153. The number of hydrogen-bond donors (Lipinski definition) is 3. The van der Waals surface area contributed by atoms with Crippen LogP contribution >= 0.6 is 0 Å². The van der Waals surface area contributed by atoms with Crippen LogP contribution in [0.4, 0.5) is 11.9 Å². The summed E-state index contributed by atoms with van der Waals surface area (Å²) in [5, 5.41) is 9.32. The molecular formula is C12H22N6O2. The number of nitrogens with zero attached hydrogens (tertiary/aromatic N) is 4. The van der Waals surface area contributed by atoms with Crippen LogP contribution in [0, 0.1) is 5.92 Å². The van der Waals surface area contributed by atoms with Crippen molar-refractivity contribution < 1.29 is 9.84 Å². The Morgan fingerprint density at radius 3 is 2.75 bits per heavy atom. The lowest BCUT2D eigenvalue weighted by Gasteiger charge is -2.34. The standard InChI is InChI=1S/C12H22N6O2/c1-3-4-20-12-15-10(17-13)14-11(16-12)18(2)7-8-5-9(19)6-8/h8-9,19H,3-7,13H2,1-2H3,(H,14,15,16,17). The Morgan fingerprint density at radius 1 is 1.40 bits per heavy atom. The maximum atomic E-state index is 9.32. The predicted molar refractivity (Wildman–Crippen MR) is 75.4 cm³/mol. The van der Waals surface area contributed by atoms with E-state index in [-0.39, 0.29) is 18.1 Å². The van der Waals surface area contributed by atoms with Gasteiger partial charge in [-0.2, -0.15) is 15.0 Å². The monoisotopic (exact) mass is 282 g/mol. The van der Waals surface area contributed by atoms with Gasteiger partial charge in [-0.15, -0.1) is 0 Å². The molecule has 2 rings (SSSR count). The highest BCUT2D eigenvalue weighted by Crippen LogP contribution is 2.28. The van der Waals surface area contributed by atoms with Crippen molar-refractivity contribution in [3.63, 3.8) is 0 Å². The minimum Gasteiger partial charge on any atom is -0.463 e. The molecule has 0 atom stereocenters. The molecule has 0 aliphatic heterocycles. The van der Waals surface area contributed by atoms with E-state index in [9.17, 15) is 5.11 Å². The average Bonchev–Trinajstić information content (AvgIpc) is 2.42. The fourth-order valence-electron chi connectivity index (χ4n) is 2.16. The first kappa shape index (κ1) is 14.7. The van der Waals surface area contributed by atoms with E-state index < -0.39 is 0 Å². The number of aliphatic hydroxyl groups excluding tert-OH is 1. The Hall–Kier alpha value is -1.67. The molecule has 20 heavy (non-hydrogen) atoms. The van der Waals surface area contributed by atoms with E-state index in [2.05, 4.69) is 20.4 Å². The summed E-state index contributed by atoms with van der Waals surface area (Å²) in [6, 6.07) is 0.269. The highest BCUT2D eigenvalue weighted by atomic mass is 16.5. The smallest absolute Gasteiger partial charge is 0.323 e. The third-order valence-electron chi connectivity index (χ3n) is 3.25. The zero-order valence-corrected chi connectivity index (χ0v) is 11.9. The van der Waals surface area contributed by atoms with Crippen LogP contribution in [0.25, 0.3) is 0 Å². The Balaban J connectivity index is 2.04. The van der Waals surface area contributed by atoms with E-state index in [4.69, 9.17) is 10.6 Å². The summed E-state index contributed by atoms with van der Waals surface area (Å²) in [5.41, 5.74) is 2.42. The zero-order chi connectivity index (χ0) is 14.5. The molecule has 0 aromatic carbocycles. The first-order valence-electron chi connectivity index (χ1n) is 6.87. The second-order valence-electron chi connectivity index (χ2n) is 5.11. The van der Waals surface area contributed by atoms with Crippen LogP contribution in [-0.4, -0.2) is 46.4 Å². The quantitative estimate of drug-likeness (QED) is 0.479.